The van der Waals surface area contributed by atoms with Crippen molar-refractivity contribution in [3.8, 4) is 0 Å². The first-order valence-electron chi connectivity index (χ1n) is 4.30. The van der Waals surface area contributed by atoms with Gasteiger partial charge < -0.3 is 5.73 Å². The Morgan fingerprint density at radius 1 is 1.50 bits per heavy atom. The fraction of sp³-hybridized carbons (Fsp3) is 0.667. The van der Waals surface area contributed by atoms with Crippen LogP contribution in [0.3, 0.4) is 0 Å². The minimum Gasteiger partial charge on any atom is -0.353 e. The minimum atomic E-state index is 0.256. The van der Waals surface area contributed by atoms with Crippen LogP contribution >= 0.6 is 0 Å². The predicted molar refractivity (Wildman–Crippen MR) is 48.4 cm³/mol. The Balaban J connectivity index is 2.53. The second kappa shape index (κ2) is 3.27. The molecule has 0 aliphatic heterocycles. The summed E-state index contributed by atoms with van der Waals surface area (Å²) in [6.07, 6.45) is 3.78. The van der Waals surface area contributed by atoms with Crippen LogP contribution in [0, 0.1) is 5.41 Å². The van der Waals surface area contributed by atoms with Crippen LogP contribution in [0.4, 0.5) is 0 Å². The van der Waals surface area contributed by atoms with Crippen LogP contribution < -0.4 is 5.73 Å². The first-order valence-corrected chi connectivity index (χ1v) is 4.30. The zero-order valence-corrected chi connectivity index (χ0v) is 8.12. The maximum Gasteiger partial charge on any atom is 0.109 e. The van der Waals surface area contributed by atoms with Gasteiger partial charge in [0.1, 0.15) is 6.04 Å². The Bertz CT molecular complexity index is 220. The van der Waals surface area contributed by atoms with Crippen molar-refractivity contribution in [1.29, 1.82) is 0 Å². The van der Waals surface area contributed by atoms with Gasteiger partial charge in [0.05, 0.1) is 6.54 Å². The lowest BCUT2D eigenvalue weighted by Crippen LogP contribution is -2.68. The van der Waals surface area contributed by atoms with Crippen molar-refractivity contribution >= 4 is 0 Å². The van der Waals surface area contributed by atoms with Crippen LogP contribution in [0.15, 0.2) is 18.5 Å². The lowest BCUT2D eigenvalue weighted by molar-refractivity contribution is -0.446. The Labute approximate surface area is 73.6 Å². The zero-order chi connectivity index (χ0) is 9.19. The van der Waals surface area contributed by atoms with E-state index in [1.165, 1.54) is 0 Å². The summed E-state index contributed by atoms with van der Waals surface area (Å²) in [5.74, 6) is 0. The van der Waals surface area contributed by atoms with Gasteiger partial charge >= 0.3 is 0 Å². The molecule has 3 nitrogen and oxygen atoms in total. The third kappa shape index (κ3) is 2.34. The monoisotopic (exact) mass is 168 g/mol. The Kier molecular flexibility index (Phi) is 2.52. The summed E-state index contributed by atoms with van der Waals surface area (Å²) in [5.41, 5.74) is 4.38. The van der Waals surface area contributed by atoms with Gasteiger partial charge in [0.2, 0.25) is 0 Å². The molecule has 0 aromatic carbocycles. The first-order chi connectivity index (χ1) is 5.50. The summed E-state index contributed by atoms with van der Waals surface area (Å²) >= 11 is 0. The zero-order valence-electron chi connectivity index (χ0n) is 8.12. The molecule has 0 spiro atoms. The van der Waals surface area contributed by atoms with Gasteiger partial charge in [0.15, 0.2) is 0 Å². The molecule has 12 heavy (non-hydrogen) atoms. The largest absolute Gasteiger partial charge is 0.353 e. The van der Waals surface area contributed by atoms with Crippen molar-refractivity contribution in [2.45, 2.75) is 33.4 Å². The number of aromatic nitrogens is 2. The van der Waals surface area contributed by atoms with Gasteiger partial charge in [0.25, 0.3) is 0 Å². The summed E-state index contributed by atoms with van der Waals surface area (Å²) in [7, 11) is 0. The van der Waals surface area contributed by atoms with Gasteiger partial charge in [0, 0.05) is 17.8 Å². The Morgan fingerprint density at radius 3 is 2.58 bits per heavy atom. The molecule has 1 aromatic heterocycles. The topological polar surface area (TPSA) is 45.5 Å². The molecule has 0 aliphatic carbocycles. The summed E-state index contributed by atoms with van der Waals surface area (Å²) in [6, 6.07) is 2.34. The standard InChI is InChI=1S/C9H17N3/c1-9(2,3)8(10)7-12-6-4-5-11-12/h4-6,8H,7,10H2,1-3H3/p+1. The Morgan fingerprint density at radius 2 is 2.17 bits per heavy atom. The smallest absolute Gasteiger partial charge is 0.109 e. The van der Waals surface area contributed by atoms with E-state index >= 15 is 0 Å². The maximum absolute atomic E-state index is 4.15. The lowest BCUT2D eigenvalue weighted by Gasteiger charge is -2.23. The molecule has 0 saturated carbocycles. The second-order valence-corrected chi connectivity index (χ2v) is 4.29. The molecular formula is C9H18N3+. The van der Waals surface area contributed by atoms with E-state index in [2.05, 4.69) is 31.6 Å². The third-order valence-electron chi connectivity index (χ3n) is 2.19. The van der Waals surface area contributed by atoms with Crippen LogP contribution in [0.25, 0.3) is 0 Å². The third-order valence-corrected chi connectivity index (χ3v) is 2.19. The van der Waals surface area contributed by atoms with Gasteiger partial charge in [-0.05, 0) is 6.07 Å². The normalized spacial score (nSPS) is 14.7. The predicted octanol–water partition coefficient (Wildman–Crippen LogP) is 0.540. The van der Waals surface area contributed by atoms with Crippen LogP contribution in [0.2, 0.25) is 0 Å². The molecule has 0 saturated heterocycles. The fourth-order valence-electron chi connectivity index (χ4n) is 0.908. The first kappa shape index (κ1) is 9.26. The quantitative estimate of drug-likeness (QED) is 0.688. The van der Waals surface area contributed by atoms with Crippen LogP contribution in [0.5, 0.6) is 0 Å². The average molecular weight is 168 g/mol. The molecule has 1 heterocycles. The molecule has 3 heteroatoms. The minimum absolute atomic E-state index is 0.256. The van der Waals surface area contributed by atoms with E-state index < -0.39 is 0 Å². The highest BCUT2D eigenvalue weighted by Crippen LogP contribution is 2.16. The van der Waals surface area contributed by atoms with Crippen molar-refractivity contribution in [2.24, 2.45) is 5.41 Å². The van der Waals surface area contributed by atoms with E-state index in [0.717, 1.165) is 6.54 Å². The van der Waals surface area contributed by atoms with E-state index in [4.69, 9.17) is 0 Å². The highest BCUT2D eigenvalue weighted by molar-refractivity contribution is 4.80. The number of rotatable bonds is 2. The van der Waals surface area contributed by atoms with E-state index in [-0.39, 0.29) is 5.41 Å². The summed E-state index contributed by atoms with van der Waals surface area (Å²) < 4.78 is 1.93. The fourth-order valence-corrected chi connectivity index (χ4v) is 0.908. The molecule has 0 amide bonds. The SMILES string of the molecule is CC(C)(C)C([NH3+])Cn1cccn1. The number of hydrogen-bond donors (Lipinski definition) is 1. The highest BCUT2D eigenvalue weighted by atomic mass is 15.3. The maximum atomic E-state index is 4.15. The molecule has 3 N–H and O–H groups in total. The molecular weight excluding hydrogens is 150 g/mol. The van der Waals surface area contributed by atoms with Crippen molar-refractivity contribution in [2.75, 3.05) is 0 Å². The molecule has 0 aliphatic rings. The van der Waals surface area contributed by atoms with Gasteiger partial charge in [-0.25, -0.2) is 0 Å². The number of quaternary nitrogens is 1. The van der Waals surface area contributed by atoms with Gasteiger partial charge in [-0.3, -0.25) is 4.68 Å². The summed E-state index contributed by atoms with van der Waals surface area (Å²) in [4.78, 5) is 0. The molecule has 0 fully saturated rings. The molecule has 1 unspecified atom stereocenters. The molecule has 0 radical (unpaired) electrons. The van der Waals surface area contributed by atoms with E-state index in [1.807, 2.05) is 16.9 Å². The van der Waals surface area contributed by atoms with Gasteiger partial charge in [-0.1, -0.05) is 20.8 Å². The number of nitrogens with zero attached hydrogens (tertiary/aromatic N) is 2. The summed E-state index contributed by atoms with van der Waals surface area (Å²) in [5, 5.41) is 4.15. The number of hydrogen-bond acceptors (Lipinski definition) is 1. The van der Waals surface area contributed by atoms with E-state index in [0.29, 0.717) is 6.04 Å². The second-order valence-electron chi connectivity index (χ2n) is 4.29. The van der Waals surface area contributed by atoms with E-state index in [1.54, 1.807) is 6.20 Å². The van der Waals surface area contributed by atoms with Crippen LogP contribution in [0.1, 0.15) is 20.8 Å². The van der Waals surface area contributed by atoms with Gasteiger partial charge in [-0.2, -0.15) is 5.10 Å². The van der Waals surface area contributed by atoms with Crippen molar-refractivity contribution < 1.29 is 5.73 Å². The molecule has 1 atom stereocenters. The average Bonchev–Trinajstić information content (AvgIpc) is 2.37. The molecule has 1 rings (SSSR count). The van der Waals surface area contributed by atoms with Crippen molar-refractivity contribution in [1.82, 2.24) is 9.78 Å². The highest BCUT2D eigenvalue weighted by Gasteiger charge is 2.24. The van der Waals surface area contributed by atoms with Crippen molar-refractivity contribution in [3.63, 3.8) is 0 Å². The van der Waals surface area contributed by atoms with E-state index in [9.17, 15) is 0 Å². The van der Waals surface area contributed by atoms with Crippen LogP contribution in [-0.2, 0) is 6.54 Å². The molecule has 0 bridgehead atoms. The Hall–Kier alpha value is -0.830. The molecule has 68 valence electrons. The van der Waals surface area contributed by atoms with Crippen LogP contribution in [-0.4, -0.2) is 15.8 Å². The molecule has 1 aromatic rings. The lowest BCUT2D eigenvalue weighted by atomic mass is 9.87. The van der Waals surface area contributed by atoms with Gasteiger partial charge in [-0.15, -0.1) is 0 Å². The van der Waals surface area contributed by atoms with Crippen molar-refractivity contribution in [3.05, 3.63) is 18.5 Å². The summed E-state index contributed by atoms with van der Waals surface area (Å²) in [6.45, 7) is 7.51.